The van der Waals surface area contributed by atoms with Crippen LogP contribution in [0.2, 0.25) is 0 Å². The van der Waals surface area contributed by atoms with Gasteiger partial charge in [0, 0.05) is 31.3 Å². The van der Waals surface area contributed by atoms with Crippen LogP contribution in [0, 0.1) is 0 Å². The van der Waals surface area contributed by atoms with E-state index in [9.17, 15) is 0 Å². The van der Waals surface area contributed by atoms with Gasteiger partial charge in [0.25, 0.3) is 0 Å². The molecule has 9 rings (SSSR count). The molecule has 8 aromatic rings. The van der Waals surface area contributed by atoms with E-state index < -0.39 is 0 Å². The topological polar surface area (TPSA) is 3.24 Å². The van der Waals surface area contributed by atoms with Gasteiger partial charge in [-0.15, -0.1) is 11.3 Å². The van der Waals surface area contributed by atoms with Crippen molar-refractivity contribution in [1.29, 1.82) is 0 Å². The SMILES string of the molecule is CC1(C)c2ccccc2N(c2ccc3sc4ccccc4c3c2)c2ccc(-c3cc4ccccc4c4ccccc34)cc21. The summed E-state index contributed by atoms with van der Waals surface area (Å²) in [5.41, 5.74) is 8.76. The van der Waals surface area contributed by atoms with Gasteiger partial charge < -0.3 is 4.90 Å². The van der Waals surface area contributed by atoms with Gasteiger partial charge in [0.2, 0.25) is 0 Å². The molecule has 43 heavy (non-hydrogen) atoms. The predicted octanol–water partition coefficient (Wildman–Crippen LogP) is 12.1. The number of hydrogen-bond acceptors (Lipinski definition) is 2. The summed E-state index contributed by atoms with van der Waals surface area (Å²) < 4.78 is 2.66. The van der Waals surface area contributed by atoms with Crippen molar-refractivity contribution in [2.45, 2.75) is 19.3 Å². The Bertz CT molecular complexity index is 2390. The maximum atomic E-state index is 2.48. The second-order valence-electron chi connectivity index (χ2n) is 12.2. The van der Waals surface area contributed by atoms with E-state index in [1.807, 2.05) is 11.3 Å². The van der Waals surface area contributed by atoms with Gasteiger partial charge in [0.1, 0.15) is 0 Å². The summed E-state index contributed by atoms with van der Waals surface area (Å²) in [6.45, 7) is 4.75. The molecule has 1 nitrogen and oxygen atoms in total. The molecule has 0 unspecified atom stereocenters. The molecule has 1 aliphatic heterocycles. The van der Waals surface area contributed by atoms with Crippen LogP contribution in [0.1, 0.15) is 25.0 Å². The van der Waals surface area contributed by atoms with E-state index in [2.05, 4.69) is 158 Å². The number of hydrogen-bond donors (Lipinski definition) is 0. The smallest absolute Gasteiger partial charge is 0.0503 e. The zero-order valence-electron chi connectivity index (χ0n) is 24.1. The Morgan fingerprint density at radius 2 is 1.16 bits per heavy atom. The molecule has 204 valence electrons. The largest absolute Gasteiger partial charge is 0.310 e. The van der Waals surface area contributed by atoms with Crippen LogP contribution in [-0.2, 0) is 5.41 Å². The summed E-state index contributed by atoms with van der Waals surface area (Å²) in [5.74, 6) is 0. The standard InChI is InChI=1S/C41H29NS/c1-41(2)35-16-8-9-17-37(35)42(28-20-22-40-34(25-28)32-15-7-10-18-39(32)43-40)38-21-19-27(24-36(38)41)33-23-26-11-3-4-12-29(26)30-13-5-6-14-31(30)33/h3-25H,1-2H3. The van der Waals surface area contributed by atoms with Gasteiger partial charge in [0.15, 0.2) is 0 Å². The predicted molar refractivity (Wildman–Crippen MR) is 187 cm³/mol. The highest BCUT2D eigenvalue weighted by molar-refractivity contribution is 7.25. The summed E-state index contributed by atoms with van der Waals surface area (Å²) in [7, 11) is 0. The van der Waals surface area contributed by atoms with Gasteiger partial charge in [-0.05, 0) is 92.3 Å². The Morgan fingerprint density at radius 1 is 0.488 bits per heavy atom. The molecular weight excluding hydrogens is 539 g/mol. The molecule has 0 bridgehead atoms. The van der Waals surface area contributed by atoms with Crippen molar-refractivity contribution in [3.63, 3.8) is 0 Å². The summed E-state index contributed by atoms with van der Waals surface area (Å²) in [6, 6.07) is 51.7. The number of rotatable bonds is 2. The van der Waals surface area contributed by atoms with E-state index in [0.29, 0.717) is 0 Å². The monoisotopic (exact) mass is 567 g/mol. The fraction of sp³-hybridized carbons (Fsp3) is 0.0732. The van der Waals surface area contributed by atoms with E-state index >= 15 is 0 Å². The third-order valence-corrected chi connectivity index (χ3v) is 10.6. The molecule has 2 heteroatoms. The quantitative estimate of drug-likeness (QED) is 0.188. The molecule has 1 aliphatic rings. The Labute approximate surface area is 255 Å². The first kappa shape index (κ1) is 24.7. The highest BCUT2D eigenvalue weighted by Crippen LogP contribution is 2.53. The minimum Gasteiger partial charge on any atom is -0.310 e. The van der Waals surface area contributed by atoms with Crippen molar-refractivity contribution < 1.29 is 0 Å². The summed E-state index contributed by atoms with van der Waals surface area (Å²) >= 11 is 1.87. The Hall–Kier alpha value is -4.92. The zero-order valence-corrected chi connectivity index (χ0v) is 25.0. The highest BCUT2D eigenvalue weighted by Gasteiger charge is 2.37. The van der Waals surface area contributed by atoms with Gasteiger partial charge in [-0.1, -0.05) is 105 Å². The van der Waals surface area contributed by atoms with Gasteiger partial charge >= 0.3 is 0 Å². The first-order valence-corrected chi connectivity index (χ1v) is 15.8. The lowest BCUT2D eigenvalue weighted by atomic mass is 9.72. The first-order chi connectivity index (χ1) is 21.1. The molecule has 0 saturated heterocycles. The lowest BCUT2D eigenvalue weighted by Crippen LogP contribution is -2.30. The number of thiophene rings is 1. The zero-order chi connectivity index (χ0) is 28.7. The highest BCUT2D eigenvalue weighted by atomic mass is 32.1. The maximum absolute atomic E-state index is 2.48. The fourth-order valence-corrected chi connectivity index (χ4v) is 8.38. The lowest BCUT2D eigenvalue weighted by Gasteiger charge is -2.42. The fourth-order valence-electron chi connectivity index (χ4n) is 7.30. The van der Waals surface area contributed by atoms with Gasteiger partial charge in [-0.3, -0.25) is 0 Å². The summed E-state index contributed by atoms with van der Waals surface area (Å²) in [5, 5.41) is 7.82. The normalized spacial score (nSPS) is 14.0. The van der Waals surface area contributed by atoms with Crippen molar-refractivity contribution in [3.05, 3.63) is 151 Å². The molecule has 0 fully saturated rings. The second-order valence-corrected chi connectivity index (χ2v) is 13.3. The van der Waals surface area contributed by atoms with Crippen molar-refractivity contribution in [3.8, 4) is 11.1 Å². The molecule has 0 amide bonds. The molecular formula is C41H29NS. The third kappa shape index (κ3) is 3.57. The molecule has 1 aromatic heterocycles. The van der Waals surface area contributed by atoms with Crippen LogP contribution in [-0.4, -0.2) is 0 Å². The number of nitrogens with zero attached hydrogens (tertiary/aromatic N) is 1. The maximum Gasteiger partial charge on any atom is 0.0503 e. The van der Waals surface area contributed by atoms with Crippen molar-refractivity contribution >= 4 is 70.1 Å². The minimum absolute atomic E-state index is 0.162. The summed E-state index contributed by atoms with van der Waals surface area (Å²) in [6.07, 6.45) is 0. The van der Waals surface area contributed by atoms with Crippen molar-refractivity contribution in [1.82, 2.24) is 0 Å². The van der Waals surface area contributed by atoms with E-state index in [0.717, 1.165) is 0 Å². The van der Waals surface area contributed by atoms with E-state index in [-0.39, 0.29) is 5.41 Å². The van der Waals surface area contributed by atoms with Gasteiger partial charge in [0.05, 0.1) is 11.4 Å². The van der Waals surface area contributed by atoms with E-state index in [1.54, 1.807) is 0 Å². The first-order valence-electron chi connectivity index (χ1n) is 14.9. The number of para-hydroxylation sites is 1. The molecule has 0 saturated carbocycles. The van der Waals surface area contributed by atoms with Crippen LogP contribution in [0.3, 0.4) is 0 Å². The Balaban J connectivity index is 1.29. The number of benzene rings is 7. The van der Waals surface area contributed by atoms with Crippen LogP contribution in [0.15, 0.2) is 140 Å². The minimum atomic E-state index is -0.162. The lowest BCUT2D eigenvalue weighted by molar-refractivity contribution is 0.632. The van der Waals surface area contributed by atoms with Crippen molar-refractivity contribution in [2.24, 2.45) is 0 Å². The number of anilines is 3. The number of fused-ring (bicyclic) bond motifs is 8. The molecule has 7 aromatic carbocycles. The van der Waals surface area contributed by atoms with Crippen LogP contribution in [0.4, 0.5) is 17.1 Å². The molecule has 0 spiro atoms. The second kappa shape index (κ2) is 9.04. The average Bonchev–Trinajstić information content (AvgIpc) is 3.43. The van der Waals surface area contributed by atoms with E-state index in [4.69, 9.17) is 0 Å². The molecule has 0 atom stereocenters. The van der Waals surface area contributed by atoms with Gasteiger partial charge in [-0.25, -0.2) is 0 Å². The third-order valence-electron chi connectivity index (χ3n) is 9.43. The summed E-state index contributed by atoms with van der Waals surface area (Å²) in [4.78, 5) is 2.48. The van der Waals surface area contributed by atoms with Crippen molar-refractivity contribution in [2.75, 3.05) is 4.90 Å². The molecule has 0 aliphatic carbocycles. The van der Waals surface area contributed by atoms with Crippen LogP contribution in [0.5, 0.6) is 0 Å². The van der Waals surface area contributed by atoms with Crippen LogP contribution < -0.4 is 4.90 Å². The van der Waals surface area contributed by atoms with E-state index in [1.165, 1.54) is 81.0 Å². The average molecular weight is 568 g/mol. The molecule has 0 N–H and O–H groups in total. The molecule has 0 radical (unpaired) electrons. The van der Waals surface area contributed by atoms with Gasteiger partial charge in [-0.2, -0.15) is 0 Å². The molecule has 2 heterocycles. The Morgan fingerprint density at radius 3 is 2.05 bits per heavy atom. The Kier molecular flexibility index (Phi) is 5.18. The van der Waals surface area contributed by atoms with Crippen LogP contribution >= 0.6 is 11.3 Å². The van der Waals surface area contributed by atoms with Crippen LogP contribution in [0.25, 0.3) is 52.8 Å².